The van der Waals surface area contributed by atoms with Gasteiger partial charge in [0.1, 0.15) is 0 Å². The molecule has 2 heterocycles. The summed E-state index contributed by atoms with van der Waals surface area (Å²) in [6.07, 6.45) is 1.54. The second kappa shape index (κ2) is 5.12. The highest BCUT2D eigenvalue weighted by molar-refractivity contribution is 5.83. The van der Waals surface area contributed by atoms with Crippen LogP contribution in [0.4, 0.5) is 11.8 Å². The van der Waals surface area contributed by atoms with Gasteiger partial charge in [-0.05, 0) is 0 Å². The molecule has 2 aromatic rings. The Bertz CT molecular complexity index is 537. The number of hydrazine groups is 1. The first-order valence-corrected chi connectivity index (χ1v) is 5.36. The largest absolute Gasteiger partial charge is 0.396 e. The minimum absolute atomic E-state index is 0.0711. The number of rotatable bonds is 5. The van der Waals surface area contributed by atoms with E-state index in [0.717, 1.165) is 0 Å². The third-order valence-corrected chi connectivity index (χ3v) is 2.59. The van der Waals surface area contributed by atoms with Crippen LogP contribution in [0, 0.1) is 5.92 Å². The van der Waals surface area contributed by atoms with Crippen molar-refractivity contribution in [3.05, 3.63) is 6.33 Å². The highest BCUT2D eigenvalue weighted by atomic mass is 16.3. The van der Waals surface area contributed by atoms with Crippen LogP contribution in [0.15, 0.2) is 6.33 Å². The number of nitrogens with two attached hydrogens (primary N) is 2. The number of fused-ring (bicyclic) bond motifs is 1. The average Bonchev–Trinajstić information content (AvgIpc) is 2.77. The molecule has 18 heavy (non-hydrogen) atoms. The van der Waals surface area contributed by atoms with Crippen molar-refractivity contribution in [1.82, 2.24) is 19.5 Å². The predicted molar refractivity (Wildman–Crippen MR) is 65.2 cm³/mol. The summed E-state index contributed by atoms with van der Waals surface area (Å²) in [4.78, 5) is 12.1. The first-order chi connectivity index (χ1) is 8.69. The summed E-state index contributed by atoms with van der Waals surface area (Å²) in [6, 6.07) is 0. The summed E-state index contributed by atoms with van der Waals surface area (Å²) in [5, 5.41) is 18.1. The lowest BCUT2D eigenvalue weighted by Gasteiger charge is -2.11. The van der Waals surface area contributed by atoms with Gasteiger partial charge in [-0.3, -0.25) is 0 Å². The van der Waals surface area contributed by atoms with Crippen LogP contribution < -0.4 is 17.0 Å². The fraction of sp³-hybridized carbons (Fsp3) is 0.444. The second-order valence-corrected chi connectivity index (χ2v) is 3.88. The predicted octanol–water partition coefficient (Wildman–Crippen LogP) is -1.71. The summed E-state index contributed by atoms with van der Waals surface area (Å²) in [5.74, 6) is 5.44. The van der Waals surface area contributed by atoms with E-state index < -0.39 is 0 Å². The molecule has 0 aliphatic carbocycles. The SMILES string of the molecule is NNc1nc(N)nc2c1ncn2CC(CO)CO. The maximum Gasteiger partial charge on any atom is 0.224 e. The van der Waals surface area contributed by atoms with Gasteiger partial charge in [-0.25, -0.2) is 10.8 Å². The molecule has 7 N–H and O–H groups in total. The average molecular weight is 253 g/mol. The minimum atomic E-state index is -0.284. The quantitative estimate of drug-likeness (QED) is 0.312. The third kappa shape index (κ3) is 2.18. The molecule has 0 aliphatic heterocycles. The summed E-state index contributed by atoms with van der Waals surface area (Å²) in [7, 11) is 0. The van der Waals surface area contributed by atoms with E-state index in [1.807, 2.05) is 0 Å². The molecule has 9 nitrogen and oxygen atoms in total. The van der Waals surface area contributed by atoms with Gasteiger partial charge >= 0.3 is 0 Å². The molecule has 0 saturated heterocycles. The third-order valence-electron chi connectivity index (χ3n) is 2.59. The van der Waals surface area contributed by atoms with Gasteiger partial charge in [0.25, 0.3) is 0 Å². The first kappa shape index (κ1) is 12.5. The Morgan fingerprint density at radius 1 is 1.33 bits per heavy atom. The van der Waals surface area contributed by atoms with Crippen molar-refractivity contribution >= 4 is 22.9 Å². The Morgan fingerprint density at radius 2 is 2.06 bits per heavy atom. The van der Waals surface area contributed by atoms with E-state index in [0.29, 0.717) is 23.5 Å². The Morgan fingerprint density at radius 3 is 2.67 bits per heavy atom. The monoisotopic (exact) mass is 253 g/mol. The number of nitrogens with zero attached hydrogens (tertiary/aromatic N) is 4. The molecule has 0 atom stereocenters. The normalized spacial score (nSPS) is 11.3. The molecule has 9 heteroatoms. The molecule has 0 fully saturated rings. The Labute approximate surface area is 102 Å². The molecule has 0 amide bonds. The second-order valence-electron chi connectivity index (χ2n) is 3.88. The van der Waals surface area contributed by atoms with Crippen molar-refractivity contribution < 1.29 is 10.2 Å². The van der Waals surface area contributed by atoms with E-state index in [-0.39, 0.29) is 25.1 Å². The number of nitrogens with one attached hydrogen (secondary N) is 1. The molecule has 0 unspecified atom stereocenters. The molecular formula is C9H15N7O2. The van der Waals surface area contributed by atoms with Crippen LogP contribution in [0.1, 0.15) is 0 Å². The number of aliphatic hydroxyl groups is 2. The fourth-order valence-corrected chi connectivity index (χ4v) is 1.65. The van der Waals surface area contributed by atoms with Crippen LogP contribution in [-0.4, -0.2) is 42.9 Å². The molecule has 0 aromatic carbocycles. The van der Waals surface area contributed by atoms with Gasteiger partial charge in [0.05, 0.1) is 6.33 Å². The Kier molecular flexibility index (Phi) is 3.55. The van der Waals surface area contributed by atoms with Gasteiger partial charge in [0.15, 0.2) is 17.0 Å². The van der Waals surface area contributed by atoms with Crippen molar-refractivity contribution in [2.45, 2.75) is 6.54 Å². The van der Waals surface area contributed by atoms with Crippen LogP contribution in [-0.2, 0) is 6.54 Å². The zero-order valence-corrected chi connectivity index (χ0v) is 9.61. The fourth-order valence-electron chi connectivity index (χ4n) is 1.65. The van der Waals surface area contributed by atoms with Crippen molar-refractivity contribution in [1.29, 1.82) is 0 Å². The first-order valence-electron chi connectivity index (χ1n) is 5.36. The molecule has 0 aliphatic rings. The number of anilines is 2. The van der Waals surface area contributed by atoms with Crippen LogP contribution in [0.25, 0.3) is 11.2 Å². The maximum atomic E-state index is 9.07. The highest BCUT2D eigenvalue weighted by Gasteiger charge is 2.14. The molecule has 2 aromatic heterocycles. The molecule has 98 valence electrons. The zero-order chi connectivity index (χ0) is 13.1. The van der Waals surface area contributed by atoms with Crippen LogP contribution in [0.3, 0.4) is 0 Å². The topological polar surface area (TPSA) is 148 Å². The Balaban J connectivity index is 2.43. The van der Waals surface area contributed by atoms with E-state index >= 15 is 0 Å². The maximum absolute atomic E-state index is 9.07. The summed E-state index contributed by atoms with van der Waals surface area (Å²) in [5.41, 5.74) is 8.96. The van der Waals surface area contributed by atoms with Crippen molar-refractivity contribution in [2.75, 3.05) is 24.4 Å². The number of imidazole rings is 1. The smallest absolute Gasteiger partial charge is 0.224 e. The van der Waals surface area contributed by atoms with Gasteiger partial charge in [-0.1, -0.05) is 0 Å². The van der Waals surface area contributed by atoms with E-state index in [1.54, 1.807) is 4.57 Å². The molecule has 2 rings (SSSR count). The van der Waals surface area contributed by atoms with Crippen molar-refractivity contribution in [3.8, 4) is 0 Å². The molecule has 0 spiro atoms. The highest BCUT2D eigenvalue weighted by Crippen LogP contribution is 2.19. The van der Waals surface area contributed by atoms with Crippen molar-refractivity contribution in [3.63, 3.8) is 0 Å². The number of hydrogen-bond donors (Lipinski definition) is 5. The van der Waals surface area contributed by atoms with Crippen molar-refractivity contribution in [2.24, 2.45) is 11.8 Å². The van der Waals surface area contributed by atoms with E-state index in [1.165, 1.54) is 6.33 Å². The zero-order valence-electron chi connectivity index (χ0n) is 9.61. The van der Waals surface area contributed by atoms with Crippen LogP contribution in [0.5, 0.6) is 0 Å². The Hall–Kier alpha value is -1.97. The summed E-state index contributed by atoms with van der Waals surface area (Å²) >= 11 is 0. The molecule has 0 saturated carbocycles. The van der Waals surface area contributed by atoms with Gasteiger partial charge in [0, 0.05) is 25.7 Å². The molecule has 0 radical (unpaired) electrons. The number of aromatic nitrogens is 4. The van der Waals surface area contributed by atoms with Gasteiger partial charge in [0.2, 0.25) is 5.95 Å². The van der Waals surface area contributed by atoms with Gasteiger partial charge < -0.3 is 25.9 Å². The summed E-state index contributed by atoms with van der Waals surface area (Å²) < 4.78 is 1.69. The number of aliphatic hydroxyl groups excluding tert-OH is 2. The lowest BCUT2D eigenvalue weighted by Crippen LogP contribution is -2.18. The van der Waals surface area contributed by atoms with E-state index in [9.17, 15) is 0 Å². The number of nitrogen functional groups attached to an aromatic ring is 2. The van der Waals surface area contributed by atoms with Crippen LogP contribution >= 0.6 is 0 Å². The van der Waals surface area contributed by atoms with E-state index in [2.05, 4.69) is 20.4 Å². The summed E-state index contributed by atoms with van der Waals surface area (Å²) in [6.45, 7) is 0.126. The van der Waals surface area contributed by atoms with E-state index in [4.69, 9.17) is 21.8 Å². The lowest BCUT2D eigenvalue weighted by atomic mass is 10.2. The van der Waals surface area contributed by atoms with Crippen LogP contribution in [0.2, 0.25) is 0 Å². The number of hydrogen-bond acceptors (Lipinski definition) is 8. The van der Waals surface area contributed by atoms with Gasteiger partial charge in [-0.15, -0.1) is 0 Å². The lowest BCUT2D eigenvalue weighted by molar-refractivity contribution is 0.138. The molecular weight excluding hydrogens is 238 g/mol. The molecule has 0 bridgehead atoms. The van der Waals surface area contributed by atoms with Gasteiger partial charge in [-0.2, -0.15) is 9.97 Å². The minimum Gasteiger partial charge on any atom is -0.396 e. The standard InChI is InChI=1S/C9H15N7O2/c10-9-13-7(15-11)6-8(14-9)16(4-12-6)1-5(2-17)3-18/h4-5,17-18H,1-3,11H2,(H3,10,13,14,15).